The minimum atomic E-state index is 0.530. The Morgan fingerprint density at radius 2 is 1.95 bits per heavy atom. The Bertz CT molecular complexity index is 452. The van der Waals surface area contributed by atoms with Gasteiger partial charge in [0.25, 0.3) is 0 Å². The van der Waals surface area contributed by atoms with E-state index >= 15 is 0 Å². The van der Waals surface area contributed by atoms with Gasteiger partial charge in [0.2, 0.25) is 0 Å². The largest absolute Gasteiger partial charge is 0.329 e. The Hall–Kier alpha value is -0.900. The molecule has 1 heterocycles. The molecule has 1 aromatic carbocycles. The van der Waals surface area contributed by atoms with Crippen molar-refractivity contribution in [1.82, 2.24) is 9.80 Å². The van der Waals surface area contributed by atoms with Gasteiger partial charge in [-0.15, -0.1) is 0 Å². The fourth-order valence-corrected chi connectivity index (χ4v) is 3.89. The maximum atomic E-state index is 5.78. The monoisotopic (exact) mass is 287 g/mol. The molecule has 0 saturated carbocycles. The molecule has 3 nitrogen and oxygen atoms in total. The standard InChI is InChI=1S/C18H29N3/c1-15(13-19)21-11-9-20(10-12-21)14-17-7-4-6-16-5-2-3-8-18(16)17/h2-3,5,8,15,17H,4,6-7,9-14,19H2,1H3. The molecule has 1 aliphatic heterocycles. The van der Waals surface area contributed by atoms with Crippen LogP contribution in [0.5, 0.6) is 0 Å². The number of piperazine rings is 1. The minimum absolute atomic E-state index is 0.530. The zero-order valence-corrected chi connectivity index (χ0v) is 13.3. The van der Waals surface area contributed by atoms with Gasteiger partial charge < -0.3 is 10.6 Å². The van der Waals surface area contributed by atoms with Crippen LogP contribution in [0.4, 0.5) is 0 Å². The van der Waals surface area contributed by atoms with Crippen LogP contribution in [0.3, 0.4) is 0 Å². The van der Waals surface area contributed by atoms with Crippen molar-refractivity contribution in [2.45, 2.75) is 38.1 Å². The molecule has 0 radical (unpaired) electrons. The molecule has 116 valence electrons. The quantitative estimate of drug-likeness (QED) is 0.920. The molecule has 3 rings (SSSR count). The number of fused-ring (bicyclic) bond motifs is 1. The van der Waals surface area contributed by atoms with Crippen LogP contribution in [0, 0.1) is 0 Å². The third-order valence-corrected chi connectivity index (χ3v) is 5.34. The second-order valence-corrected chi connectivity index (χ2v) is 6.71. The van der Waals surface area contributed by atoms with Gasteiger partial charge in [-0.2, -0.15) is 0 Å². The first-order valence-electron chi connectivity index (χ1n) is 8.52. The summed E-state index contributed by atoms with van der Waals surface area (Å²) in [6.07, 6.45) is 3.98. The first-order chi connectivity index (χ1) is 10.3. The SMILES string of the molecule is CC(CN)N1CCN(CC2CCCc3ccccc32)CC1. The molecule has 3 heteroatoms. The Labute approximate surface area is 129 Å². The minimum Gasteiger partial charge on any atom is -0.329 e. The van der Waals surface area contributed by atoms with Crippen LogP contribution in [0.25, 0.3) is 0 Å². The van der Waals surface area contributed by atoms with Gasteiger partial charge in [-0.3, -0.25) is 4.90 Å². The third-order valence-electron chi connectivity index (χ3n) is 5.34. The molecule has 1 aromatic rings. The van der Waals surface area contributed by atoms with Crippen molar-refractivity contribution in [2.24, 2.45) is 5.73 Å². The van der Waals surface area contributed by atoms with Gasteiger partial charge in [-0.05, 0) is 43.2 Å². The van der Waals surface area contributed by atoms with Gasteiger partial charge in [0.05, 0.1) is 0 Å². The van der Waals surface area contributed by atoms with Gasteiger partial charge in [-0.25, -0.2) is 0 Å². The molecule has 1 aliphatic carbocycles. The summed E-state index contributed by atoms with van der Waals surface area (Å²) in [5.41, 5.74) is 8.98. The van der Waals surface area contributed by atoms with E-state index in [1.807, 2.05) is 0 Å². The summed E-state index contributed by atoms with van der Waals surface area (Å²) >= 11 is 0. The second-order valence-electron chi connectivity index (χ2n) is 6.71. The first-order valence-corrected chi connectivity index (χ1v) is 8.52. The highest BCUT2D eigenvalue weighted by Gasteiger charge is 2.25. The van der Waals surface area contributed by atoms with Crippen molar-refractivity contribution in [3.63, 3.8) is 0 Å². The highest BCUT2D eigenvalue weighted by Crippen LogP contribution is 2.32. The molecule has 2 unspecified atom stereocenters. The van der Waals surface area contributed by atoms with Crippen LogP contribution >= 0.6 is 0 Å². The maximum absolute atomic E-state index is 5.78. The highest BCUT2D eigenvalue weighted by molar-refractivity contribution is 5.32. The number of rotatable bonds is 4. The van der Waals surface area contributed by atoms with Crippen LogP contribution in [0.15, 0.2) is 24.3 Å². The molecule has 0 spiro atoms. The lowest BCUT2D eigenvalue weighted by Gasteiger charge is -2.39. The van der Waals surface area contributed by atoms with E-state index in [2.05, 4.69) is 41.0 Å². The predicted octanol–water partition coefficient (Wildman–Crippen LogP) is 2.07. The van der Waals surface area contributed by atoms with E-state index in [9.17, 15) is 0 Å². The molecule has 2 atom stereocenters. The van der Waals surface area contributed by atoms with E-state index in [1.54, 1.807) is 11.1 Å². The zero-order chi connectivity index (χ0) is 14.7. The average molecular weight is 287 g/mol. The van der Waals surface area contributed by atoms with Gasteiger partial charge >= 0.3 is 0 Å². The summed E-state index contributed by atoms with van der Waals surface area (Å²) in [4.78, 5) is 5.19. The predicted molar refractivity (Wildman–Crippen MR) is 88.7 cm³/mol. The maximum Gasteiger partial charge on any atom is 0.0191 e. The van der Waals surface area contributed by atoms with Gasteiger partial charge in [0.1, 0.15) is 0 Å². The van der Waals surface area contributed by atoms with Crippen LogP contribution in [-0.2, 0) is 6.42 Å². The summed E-state index contributed by atoms with van der Waals surface area (Å²) in [5, 5.41) is 0. The molecule has 2 aliphatic rings. The number of benzene rings is 1. The van der Waals surface area contributed by atoms with Crippen LogP contribution < -0.4 is 5.73 Å². The van der Waals surface area contributed by atoms with Crippen molar-refractivity contribution in [2.75, 3.05) is 39.3 Å². The smallest absolute Gasteiger partial charge is 0.0191 e. The van der Waals surface area contributed by atoms with Crippen molar-refractivity contribution < 1.29 is 0 Å². The molecule has 1 fully saturated rings. The summed E-state index contributed by atoms with van der Waals surface area (Å²) < 4.78 is 0. The fourth-order valence-electron chi connectivity index (χ4n) is 3.89. The van der Waals surface area contributed by atoms with E-state index in [1.165, 1.54) is 52.0 Å². The lowest BCUT2D eigenvalue weighted by molar-refractivity contribution is 0.0991. The van der Waals surface area contributed by atoms with E-state index in [4.69, 9.17) is 5.73 Å². The first kappa shape index (κ1) is 15.0. The summed E-state index contributed by atoms with van der Waals surface area (Å²) in [7, 11) is 0. The van der Waals surface area contributed by atoms with Crippen LogP contribution in [-0.4, -0.2) is 55.1 Å². The number of aryl methyl sites for hydroxylation is 1. The topological polar surface area (TPSA) is 32.5 Å². The zero-order valence-electron chi connectivity index (χ0n) is 13.3. The Balaban J connectivity index is 1.57. The Kier molecular flexibility index (Phi) is 4.94. The molecule has 2 N–H and O–H groups in total. The molecular formula is C18H29N3. The molecule has 0 amide bonds. The fraction of sp³-hybridized carbons (Fsp3) is 0.667. The van der Waals surface area contributed by atoms with Crippen molar-refractivity contribution in [1.29, 1.82) is 0 Å². The lowest BCUT2D eigenvalue weighted by Crippen LogP contribution is -2.52. The third kappa shape index (κ3) is 3.47. The highest BCUT2D eigenvalue weighted by atomic mass is 15.3. The van der Waals surface area contributed by atoms with E-state index in [0.717, 1.165) is 12.5 Å². The summed E-state index contributed by atoms with van der Waals surface area (Å²) in [5.74, 6) is 0.744. The van der Waals surface area contributed by atoms with Crippen LogP contribution in [0.1, 0.15) is 36.8 Å². The van der Waals surface area contributed by atoms with Crippen LogP contribution in [0.2, 0.25) is 0 Å². The lowest BCUT2D eigenvalue weighted by atomic mass is 9.82. The Morgan fingerprint density at radius 3 is 2.71 bits per heavy atom. The van der Waals surface area contributed by atoms with Crippen molar-refractivity contribution >= 4 is 0 Å². The number of hydrogen-bond donors (Lipinski definition) is 1. The van der Waals surface area contributed by atoms with E-state index in [0.29, 0.717) is 6.04 Å². The van der Waals surface area contributed by atoms with Crippen molar-refractivity contribution in [3.8, 4) is 0 Å². The van der Waals surface area contributed by atoms with E-state index in [-0.39, 0.29) is 0 Å². The molecule has 0 aromatic heterocycles. The Morgan fingerprint density at radius 1 is 1.19 bits per heavy atom. The number of hydrogen-bond acceptors (Lipinski definition) is 3. The van der Waals surface area contributed by atoms with E-state index < -0.39 is 0 Å². The molecule has 0 bridgehead atoms. The molecule has 1 saturated heterocycles. The van der Waals surface area contributed by atoms with Gasteiger partial charge in [0.15, 0.2) is 0 Å². The molecule has 21 heavy (non-hydrogen) atoms. The van der Waals surface area contributed by atoms with Crippen molar-refractivity contribution in [3.05, 3.63) is 35.4 Å². The summed E-state index contributed by atoms with van der Waals surface area (Å²) in [6.45, 7) is 9.00. The number of nitrogens with zero attached hydrogens (tertiary/aromatic N) is 2. The normalized spacial score (nSPS) is 25.5. The second kappa shape index (κ2) is 6.91. The summed E-state index contributed by atoms with van der Waals surface area (Å²) in [6, 6.07) is 9.60. The number of nitrogens with two attached hydrogens (primary N) is 1. The van der Waals surface area contributed by atoms with Gasteiger partial charge in [-0.1, -0.05) is 24.3 Å². The average Bonchev–Trinajstić information content (AvgIpc) is 2.55. The molecular weight excluding hydrogens is 258 g/mol. The van der Waals surface area contributed by atoms with Gasteiger partial charge in [0, 0.05) is 45.3 Å².